The Hall–Kier alpha value is -2.07. The van der Waals surface area contributed by atoms with Gasteiger partial charge in [0.1, 0.15) is 0 Å². The highest BCUT2D eigenvalue weighted by atomic mass is 79.9. The zero-order valence-electron chi connectivity index (χ0n) is 12.4. The molecule has 0 amide bonds. The van der Waals surface area contributed by atoms with Crippen molar-refractivity contribution in [3.8, 4) is 0 Å². The van der Waals surface area contributed by atoms with Crippen LogP contribution in [0.5, 0.6) is 0 Å². The number of hydrogen-bond acceptors (Lipinski definition) is 2. The van der Waals surface area contributed by atoms with Crippen LogP contribution >= 0.6 is 15.9 Å². The minimum Gasteiger partial charge on any atom is -0.478 e. The zero-order chi connectivity index (χ0) is 16.0. The van der Waals surface area contributed by atoms with Gasteiger partial charge in [0.2, 0.25) is 0 Å². The van der Waals surface area contributed by atoms with Gasteiger partial charge in [-0.15, -0.1) is 0 Å². The van der Waals surface area contributed by atoms with E-state index in [0.29, 0.717) is 11.5 Å². The molecule has 0 radical (unpaired) electrons. The van der Waals surface area contributed by atoms with Crippen LogP contribution in [0, 0.1) is 5.92 Å². The van der Waals surface area contributed by atoms with Gasteiger partial charge < -0.3 is 10.4 Å². The normalized spacial score (nSPS) is 24.7. The summed E-state index contributed by atoms with van der Waals surface area (Å²) in [5.41, 5.74) is 3.39. The molecule has 23 heavy (non-hydrogen) atoms. The number of halogens is 1. The number of hydrogen-bond donors (Lipinski definition) is 2. The molecule has 1 aliphatic carbocycles. The van der Waals surface area contributed by atoms with Crippen molar-refractivity contribution in [1.82, 2.24) is 0 Å². The van der Waals surface area contributed by atoms with Crippen LogP contribution in [0.4, 0.5) is 5.69 Å². The van der Waals surface area contributed by atoms with Crippen molar-refractivity contribution in [2.75, 3.05) is 5.32 Å². The van der Waals surface area contributed by atoms with Crippen molar-refractivity contribution < 1.29 is 9.90 Å². The standard InChI is InChI=1S/C19H16BrNO2/c20-12-5-1-4-11(10-12)17-14-7-2-6-13(14)15-8-3-9-16(19(22)23)18(15)21-17/h1-6,8-10,13-14,17,21H,7H2,(H,22,23)/t13-,14-,17+/m1/s1. The molecule has 2 N–H and O–H groups in total. The number of carbonyl (C=O) groups is 1. The van der Waals surface area contributed by atoms with Crippen LogP contribution in [0.15, 0.2) is 59.1 Å². The molecule has 2 aromatic rings. The fourth-order valence-corrected chi connectivity index (χ4v) is 4.25. The number of aromatic carboxylic acids is 1. The first-order valence-corrected chi connectivity index (χ1v) is 8.49. The maximum Gasteiger partial charge on any atom is 0.337 e. The number of allylic oxidation sites excluding steroid dienone is 2. The van der Waals surface area contributed by atoms with Gasteiger partial charge in [0.05, 0.1) is 17.3 Å². The predicted octanol–water partition coefficient (Wildman–Crippen LogP) is 4.97. The molecule has 2 aliphatic rings. The predicted molar refractivity (Wildman–Crippen MR) is 93.9 cm³/mol. The molecule has 4 heteroatoms. The lowest BCUT2D eigenvalue weighted by Crippen LogP contribution is -2.30. The van der Waals surface area contributed by atoms with E-state index < -0.39 is 5.97 Å². The number of carboxylic acids is 1. The van der Waals surface area contributed by atoms with E-state index in [4.69, 9.17) is 0 Å². The number of para-hydroxylation sites is 1. The van der Waals surface area contributed by atoms with Crippen LogP contribution in [0.3, 0.4) is 0 Å². The van der Waals surface area contributed by atoms with Crippen molar-refractivity contribution in [3.63, 3.8) is 0 Å². The van der Waals surface area contributed by atoms with Gasteiger partial charge in [0.25, 0.3) is 0 Å². The van der Waals surface area contributed by atoms with Gasteiger partial charge in [-0.2, -0.15) is 0 Å². The van der Waals surface area contributed by atoms with Crippen molar-refractivity contribution in [2.45, 2.75) is 18.4 Å². The molecule has 1 heterocycles. The Morgan fingerprint density at radius 3 is 2.83 bits per heavy atom. The summed E-state index contributed by atoms with van der Waals surface area (Å²) in [5, 5.41) is 13.0. The lowest BCUT2D eigenvalue weighted by molar-refractivity contribution is 0.0697. The van der Waals surface area contributed by atoms with Crippen LogP contribution in [-0.2, 0) is 0 Å². The number of rotatable bonds is 2. The molecule has 0 aromatic heterocycles. The highest BCUT2D eigenvalue weighted by Crippen LogP contribution is 2.50. The molecule has 0 saturated heterocycles. The molecular weight excluding hydrogens is 354 g/mol. The number of nitrogens with one attached hydrogen (secondary N) is 1. The third-order valence-electron chi connectivity index (χ3n) is 4.83. The van der Waals surface area contributed by atoms with E-state index in [1.165, 1.54) is 5.56 Å². The van der Waals surface area contributed by atoms with Gasteiger partial charge in [-0.1, -0.05) is 52.3 Å². The Morgan fingerprint density at radius 1 is 1.22 bits per heavy atom. The van der Waals surface area contributed by atoms with E-state index >= 15 is 0 Å². The van der Waals surface area contributed by atoms with Gasteiger partial charge in [0, 0.05) is 10.4 Å². The third kappa shape index (κ3) is 2.38. The van der Waals surface area contributed by atoms with Crippen molar-refractivity contribution in [2.24, 2.45) is 5.92 Å². The molecule has 0 fully saturated rings. The van der Waals surface area contributed by atoms with Crippen LogP contribution in [0.1, 0.15) is 39.9 Å². The van der Waals surface area contributed by atoms with Gasteiger partial charge in [-0.25, -0.2) is 4.79 Å². The van der Waals surface area contributed by atoms with Crippen LogP contribution in [0.2, 0.25) is 0 Å². The summed E-state index contributed by atoms with van der Waals surface area (Å²) in [6.45, 7) is 0. The molecule has 3 atom stereocenters. The van der Waals surface area contributed by atoms with E-state index in [1.54, 1.807) is 6.07 Å². The molecular formula is C19H16BrNO2. The lowest BCUT2D eigenvalue weighted by atomic mass is 9.76. The van der Waals surface area contributed by atoms with E-state index in [1.807, 2.05) is 24.3 Å². The summed E-state index contributed by atoms with van der Waals surface area (Å²) in [7, 11) is 0. The molecule has 0 spiro atoms. The Kier molecular flexibility index (Phi) is 3.49. The lowest BCUT2D eigenvalue weighted by Gasteiger charge is -2.38. The van der Waals surface area contributed by atoms with Crippen molar-refractivity contribution in [3.05, 3.63) is 75.8 Å². The highest BCUT2D eigenvalue weighted by Gasteiger charge is 2.39. The fourth-order valence-electron chi connectivity index (χ4n) is 3.83. The molecule has 0 unspecified atom stereocenters. The molecule has 3 nitrogen and oxygen atoms in total. The summed E-state index contributed by atoms with van der Waals surface area (Å²) >= 11 is 3.53. The highest BCUT2D eigenvalue weighted by molar-refractivity contribution is 9.10. The number of carboxylic acid groups (broad SMARTS) is 1. The second kappa shape index (κ2) is 5.53. The zero-order valence-corrected chi connectivity index (χ0v) is 14.0. The number of fused-ring (bicyclic) bond motifs is 3. The first kappa shape index (κ1) is 14.5. The molecule has 1 aliphatic heterocycles. The smallest absolute Gasteiger partial charge is 0.337 e. The quantitative estimate of drug-likeness (QED) is 0.734. The fraction of sp³-hybridized carbons (Fsp3) is 0.211. The minimum absolute atomic E-state index is 0.112. The molecule has 116 valence electrons. The number of benzene rings is 2. The average molecular weight is 370 g/mol. The van der Waals surface area contributed by atoms with Gasteiger partial charge in [-0.3, -0.25) is 0 Å². The van der Waals surface area contributed by atoms with Crippen LogP contribution in [-0.4, -0.2) is 11.1 Å². The SMILES string of the molecule is O=C(O)c1cccc2c1N[C@@H](c1cccc(Br)c1)[C@@H]1CC=C[C@@H]21. The van der Waals surface area contributed by atoms with E-state index in [-0.39, 0.29) is 12.0 Å². The topological polar surface area (TPSA) is 49.3 Å². The summed E-state index contributed by atoms with van der Waals surface area (Å²) in [6, 6.07) is 13.9. The van der Waals surface area contributed by atoms with Crippen LogP contribution < -0.4 is 5.32 Å². The van der Waals surface area contributed by atoms with Crippen molar-refractivity contribution >= 4 is 27.6 Å². The molecule has 0 bridgehead atoms. The maximum atomic E-state index is 11.6. The summed E-state index contributed by atoms with van der Waals surface area (Å²) in [6.07, 6.45) is 5.44. The minimum atomic E-state index is -0.886. The van der Waals surface area contributed by atoms with E-state index in [9.17, 15) is 9.90 Å². The summed E-state index contributed by atoms with van der Waals surface area (Å²) in [5.74, 6) is -0.196. The molecule has 0 saturated carbocycles. The second-order valence-electron chi connectivity index (χ2n) is 6.11. The van der Waals surface area contributed by atoms with E-state index in [2.05, 4.69) is 45.5 Å². The largest absolute Gasteiger partial charge is 0.478 e. The Labute approximate surface area is 143 Å². The van der Waals surface area contributed by atoms with Gasteiger partial charge in [-0.05, 0) is 41.7 Å². The number of anilines is 1. The Morgan fingerprint density at radius 2 is 2.04 bits per heavy atom. The van der Waals surface area contributed by atoms with Gasteiger partial charge in [0.15, 0.2) is 0 Å². The second-order valence-corrected chi connectivity index (χ2v) is 7.02. The third-order valence-corrected chi connectivity index (χ3v) is 5.33. The Bertz CT molecular complexity index is 815. The summed E-state index contributed by atoms with van der Waals surface area (Å²) < 4.78 is 1.04. The first-order chi connectivity index (χ1) is 11.1. The van der Waals surface area contributed by atoms with Crippen LogP contribution in [0.25, 0.3) is 0 Å². The van der Waals surface area contributed by atoms with Gasteiger partial charge >= 0.3 is 5.97 Å². The van der Waals surface area contributed by atoms with E-state index in [0.717, 1.165) is 22.1 Å². The van der Waals surface area contributed by atoms with Crippen molar-refractivity contribution in [1.29, 1.82) is 0 Å². The first-order valence-electron chi connectivity index (χ1n) is 7.70. The summed E-state index contributed by atoms with van der Waals surface area (Å²) in [4.78, 5) is 11.6. The molecule has 4 rings (SSSR count). The average Bonchev–Trinajstić information content (AvgIpc) is 3.03. The monoisotopic (exact) mass is 369 g/mol. The Balaban J connectivity index is 1.85. The maximum absolute atomic E-state index is 11.6. The molecule has 2 aromatic carbocycles.